The van der Waals surface area contributed by atoms with Gasteiger partial charge in [-0.2, -0.15) is 5.11 Å². The Labute approximate surface area is 153 Å². The second-order valence-corrected chi connectivity index (χ2v) is 5.70. The first kappa shape index (κ1) is 19.7. The van der Waals surface area contributed by atoms with Crippen LogP contribution in [0.15, 0.2) is 47.6 Å². The Morgan fingerprint density at radius 3 is 2.69 bits per heavy atom. The molecule has 10 heteroatoms. The third kappa shape index (κ3) is 5.43. The van der Waals surface area contributed by atoms with Gasteiger partial charge < -0.3 is 15.2 Å². The van der Waals surface area contributed by atoms with Crippen LogP contribution in [0.2, 0.25) is 5.02 Å². The third-order valence-corrected chi connectivity index (χ3v) is 3.53. The predicted molar refractivity (Wildman–Crippen MR) is 91.3 cm³/mol. The topological polar surface area (TPSA) is 103 Å². The lowest BCUT2D eigenvalue weighted by atomic mass is 10.1. The number of halogens is 3. The second-order valence-electron chi connectivity index (χ2n) is 5.30. The Bertz CT molecular complexity index is 794. The van der Waals surface area contributed by atoms with Crippen LogP contribution in [0.3, 0.4) is 0 Å². The van der Waals surface area contributed by atoms with Crippen LogP contribution in [0.4, 0.5) is 14.5 Å². The van der Waals surface area contributed by atoms with E-state index in [1.54, 1.807) is 0 Å². The van der Waals surface area contributed by atoms with Gasteiger partial charge in [0, 0.05) is 47.4 Å². The zero-order valence-corrected chi connectivity index (χ0v) is 14.5. The highest BCUT2D eigenvalue weighted by Gasteiger charge is 2.27. The van der Waals surface area contributed by atoms with E-state index in [2.05, 4.69) is 20.4 Å². The van der Waals surface area contributed by atoms with E-state index in [0.717, 1.165) is 6.92 Å². The highest BCUT2D eigenvalue weighted by molar-refractivity contribution is 6.31. The van der Waals surface area contributed by atoms with Gasteiger partial charge >= 0.3 is 6.01 Å². The van der Waals surface area contributed by atoms with Crippen LogP contribution >= 0.6 is 11.6 Å². The van der Waals surface area contributed by atoms with Gasteiger partial charge in [0.25, 0.3) is 5.92 Å². The summed E-state index contributed by atoms with van der Waals surface area (Å²) < 4.78 is 32.3. The summed E-state index contributed by atoms with van der Waals surface area (Å²) in [5, 5.41) is 14.9. The lowest BCUT2D eigenvalue weighted by molar-refractivity contribution is 0.0176. The summed E-state index contributed by atoms with van der Waals surface area (Å²) in [5.74, 6) is -3.08. The standard InChI is InChI=1S/C16H16ClF2N5O2/c1-16(18,19)13-4-11(2-3-14(13)17)21-7-12(24-20)9-26-15-22-5-10(8-25)6-23-15/h2-7,20-21,25H,8-9H2,1H3/b12-7-,24-20?. The molecule has 0 fully saturated rings. The van der Waals surface area contributed by atoms with Crippen molar-refractivity contribution in [3.63, 3.8) is 0 Å². The molecule has 0 aliphatic carbocycles. The first-order valence-electron chi connectivity index (χ1n) is 7.39. The van der Waals surface area contributed by atoms with Gasteiger partial charge in [-0.3, -0.25) is 0 Å². The third-order valence-electron chi connectivity index (χ3n) is 3.20. The summed E-state index contributed by atoms with van der Waals surface area (Å²) in [6.07, 6.45) is 4.15. The summed E-state index contributed by atoms with van der Waals surface area (Å²) in [5.41, 5.74) is 7.91. The van der Waals surface area contributed by atoms with Gasteiger partial charge in [0.05, 0.1) is 6.61 Å². The van der Waals surface area contributed by atoms with Crippen molar-refractivity contribution >= 4 is 17.3 Å². The number of ether oxygens (including phenoxy) is 1. The molecule has 2 rings (SSSR count). The first-order valence-corrected chi connectivity index (χ1v) is 7.76. The van der Waals surface area contributed by atoms with E-state index in [9.17, 15) is 8.78 Å². The van der Waals surface area contributed by atoms with Crippen molar-refractivity contribution in [2.75, 3.05) is 11.9 Å². The molecule has 0 spiro atoms. The molecule has 0 atom stereocenters. The summed E-state index contributed by atoms with van der Waals surface area (Å²) in [6.45, 7) is 0.463. The Morgan fingerprint density at radius 2 is 2.12 bits per heavy atom. The highest BCUT2D eigenvalue weighted by atomic mass is 35.5. The van der Waals surface area contributed by atoms with E-state index in [1.807, 2.05) is 0 Å². The number of alkyl halides is 2. The number of benzene rings is 1. The van der Waals surface area contributed by atoms with Crippen molar-refractivity contribution in [3.8, 4) is 6.01 Å². The monoisotopic (exact) mass is 383 g/mol. The summed E-state index contributed by atoms with van der Waals surface area (Å²) in [4.78, 5) is 7.76. The lowest BCUT2D eigenvalue weighted by Crippen LogP contribution is -2.08. The molecule has 0 radical (unpaired) electrons. The van der Waals surface area contributed by atoms with E-state index >= 15 is 0 Å². The predicted octanol–water partition coefficient (Wildman–Crippen LogP) is 4.10. The molecule has 0 unspecified atom stereocenters. The van der Waals surface area contributed by atoms with Crippen LogP contribution in [-0.4, -0.2) is 21.7 Å². The number of aromatic nitrogens is 2. The number of nitrogens with one attached hydrogen (secondary N) is 2. The van der Waals surface area contributed by atoms with Crippen molar-refractivity contribution in [1.82, 2.24) is 9.97 Å². The molecule has 0 aliphatic rings. The van der Waals surface area contributed by atoms with Crippen LogP contribution in [0.5, 0.6) is 6.01 Å². The Hall–Kier alpha value is -2.65. The van der Waals surface area contributed by atoms with E-state index in [1.165, 1.54) is 36.8 Å². The number of anilines is 1. The van der Waals surface area contributed by atoms with E-state index in [0.29, 0.717) is 11.3 Å². The molecule has 0 saturated carbocycles. The number of nitrogens with zero attached hydrogens (tertiary/aromatic N) is 3. The van der Waals surface area contributed by atoms with Crippen LogP contribution in [0.1, 0.15) is 18.1 Å². The van der Waals surface area contributed by atoms with E-state index < -0.39 is 5.92 Å². The van der Waals surface area contributed by atoms with Crippen LogP contribution in [-0.2, 0) is 12.5 Å². The van der Waals surface area contributed by atoms with Gasteiger partial charge in [-0.15, -0.1) is 0 Å². The fourth-order valence-corrected chi connectivity index (χ4v) is 2.15. The zero-order valence-electron chi connectivity index (χ0n) is 13.7. The SMILES string of the molecule is CC(F)(F)c1cc(N/C=C(/COc2ncc(CO)cn2)N=N)ccc1Cl. The molecule has 7 nitrogen and oxygen atoms in total. The highest BCUT2D eigenvalue weighted by Crippen LogP contribution is 2.34. The van der Waals surface area contributed by atoms with Gasteiger partial charge in [-0.25, -0.2) is 24.3 Å². The molecule has 3 N–H and O–H groups in total. The van der Waals surface area contributed by atoms with Crippen molar-refractivity contribution in [3.05, 3.63) is 58.6 Å². The molecule has 138 valence electrons. The van der Waals surface area contributed by atoms with Gasteiger partial charge in [0.2, 0.25) is 0 Å². The van der Waals surface area contributed by atoms with Crippen LogP contribution in [0, 0.1) is 5.53 Å². The lowest BCUT2D eigenvalue weighted by Gasteiger charge is -2.14. The first-order chi connectivity index (χ1) is 12.3. The average Bonchev–Trinajstić information content (AvgIpc) is 2.62. The summed E-state index contributed by atoms with van der Waals surface area (Å²) >= 11 is 5.79. The normalized spacial score (nSPS) is 12.0. The molecule has 0 aliphatic heterocycles. The number of rotatable bonds is 8. The molecule has 2 aromatic rings. The van der Waals surface area contributed by atoms with E-state index in [-0.39, 0.29) is 35.5 Å². The van der Waals surface area contributed by atoms with Crippen molar-refractivity contribution in [1.29, 1.82) is 5.53 Å². The van der Waals surface area contributed by atoms with Gasteiger partial charge in [-0.1, -0.05) is 11.6 Å². The van der Waals surface area contributed by atoms with Gasteiger partial charge in [-0.05, 0) is 18.2 Å². The maximum absolute atomic E-state index is 13.5. The fraction of sp³-hybridized carbons (Fsp3) is 0.250. The van der Waals surface area contributed by atoms with E-state index in [4.69, 9.17) is 27.0 Å². The molecule has 0 saturated heterocycles. The van der Waals surface area contributed by atoms with Crippen LogP contribution in [0.25, 0.3) is 0 Å². The van der Waals surface area contributed by atoms with Gasteiger partial charge in [0.15, 0.2) is 0 Å². The Balaban J connectivity index is 2.03. The minimum absolute atomic E-state index is 0.0377. The quantitative estimate of drug-likeness (QED) is 0.595. The Morgan fingerprint density at radius 1 is 1.42 bits per heavy atom. The van der Waals surface area contributed by atoms with Crippen molar-refractivity contribution in [2.24, 2.45) is 5.11 Å². The number of aliphatic hydroxyl groups excluding tert-OH is 1. The number of hydrogen-bond acceptors (Lipinski definition) is 7. The maximum atomic E-state index is 13.5. The fourth-order valence-electron chi connectivity index (χ4n) is 1.86. The molecular weight excluding hydrogens is 368 g/mol. The molecule has 0 bridgehead atoms. The maximum Gasteiger partial charge on any atom is 0.316 e. The molecule has 0 amide bonds. The Kier molecular flexibility index (Phi) is 6.53. The second kappa shape index (κ2) is 8.63. The number of hydrogen-bond donors (Lipinski definition) is 3. The summed E-state index contributed by atoms with van der Waals surface area (Å²) in [6, 6.07) is 4.15. The molecule has 1 aromatic carbocycles. The molecule has 1 heterocycles. The largest absolute Gasteiger partial charge is 0.457 e. The minimum Gasteiger partial charge on any atom is -0.457 e. The van der Waals surface area contributed by atoms with Crippen molar-refractivity contribution < 1.29 is 18.6 Å². The molecule has 1 aromatic heterocycles. The average molecular weight is 384 g/mol. The van der Waals surface area contributed by atoms with Crippen molar-refractivity contribution in [2.45, 2.75) is 19.5 Å². The number of aliphatic hydroxyl groups is 1. The smallest absolute Gasteiger partial charge is 0.316 e. The zero-order chi connectivity index (χ0) is 19.2. The minimum atomic E-state index is -3.08. The summed E-state index contributed by atoms with van der Waals surface area (Å²) in [7, 11) is 0. The molecule has 26 heavy (non-hydrogen) atoms. The molecular formula is C16H16ClF2N5O2. The van der Waals surface area contributed by atoms with Gasteiger partial charge in [0.1, 0.15) is 12.3 Å². The van der Waals surface area contributed by atoms with Crippen LogP contribution < -0.4 is 10.1 Å².